The molecule has 0 saturated heterocycles. The number of aryl methyl sites for hydroxylation is 2. The fourth-order valence-electron chi connectivity index (χ4n) is 4.10. The Balaban J connectivity index is 1.53. The van der Waals surface area contributed by atoms with Crippen molar-refractivity contribution in [3.05, 3.63) is 71.1 Å². The van der Waals surface area contributed by atoms with Crippen molar-refractivity contribution < 1.29 is 22.7 Å². The van der Waals surface area contributed by atoms with E-state index in [0.29, 0.717) is 16.3 Å². The summed E-state index contributed by atoms with van der Waals surface area (Å²) < 4.78 is 33.1. The van der Waals surface area contributed by atoms with E-state index >= 15 is 0 Å². The van der Waals surface area contributed by atoms with Gasteiger partial charge in [0.15, 0.2) is 15.6 Å². The van der Waals surface area contributed by atoms with Crippen molar-refractivity contribution in [1.82, 2.24) is 19.7 Å². The topological polar surface area (TPSA) is 112 Å². The Labute approximate surface area is 219 Å². The van der Waals surface area contributed by atoms with Crippen LogP contribution in [0.2, 0.25) is 5.02 Å². The molecule has 0 radical (unpaired) electrons. The number of benzene rings is 2. The van der Waals surface area contributed by atoms with Gasteiger partial charge in [-0.3, -0.25) is 14.3 Å². The molecule has 1 N–H and O–H groups in total. The van der Waals surface area contributed by atoms with Gasteiger partial charge in [0.05, 0.1) is 34.3 Å². The second-order valence-corrected chi connectivity index (χ2v) is 11.1. The number of amides is 1. The van der Waals surface area contributed by atoms with Crippen molar-refractivity contribution in [2.45, 2.75) is 24.8 Å². The van der Waals surface area contributed by atoms with Crippen molar-refractivity contribution in [3.63, 3.8) is 0 Å². The molecule has 194 valence electrons. The van der Waals surface area contributed by atoms with Gasteiger partial charge in [0.25, 0.3) is 5.91 Å². The lowest BCUT2D eigenvalue weighted by Crippen LogP contribution is -2.28. The summed E-state index contributed by atoms with van der Waals surface area (Å²) in [5, 5.41) is 8.44. The van der Waals surface area contributed by atoms with Gasteiger partial charge >= 0.3 is 5.97 Å². The van der Waals surface area contributed by atoms with E-state index in [1.165, 1.54) is 12.1 Å². The Morgan fingerprint density at radius 1 is 1.11 bits per heavy atom. The largest absolute Gasteiger partial charge is 0.465 e. The highest BCUT2D eigenvalue weighted by molar-refractivity contribution is 7.92. The number of nitrogens with zero attached hydrogens (tertiary/aromatic N) is 3. The number of hydrogen-bond acceptors (Lipinski definition) is 6. The van der Waals surface area contributed by atoms with Crippen LogP contribution in [-0.4, -0.2) is 47.0 Å². The van der Waals surface area contributed by atoms with Crippen LogP contribution >= 0.6 is 11.6 Å². The number of nitrogens with one attached hydrogen (secondary N) is 1. The first kappa shape index (κ1) is 26.4. The Morgan fingerprint density at radius 3 is 2.43 bits per heavy atom. The molecule has 1 unspecified atom stereocenters. The van der Waals surface area contributed by atoms with Crippen molar-refractivity contribution in [2.75, 3.05) is 12.4 Å². The minimum atomic E-state index is -3.82. The normalized spacial score (nSPS) is 12.5. The molecular weight excluding hydrogens is 516 g/mol. The van der Waals surface area contributed by atoms with Crippen molar-refractivity contribution >= 4 is 44.2 Å². The van der Waals surface area contributed by atoms with Crippen LogP contribution in [-0.2, 0) is 33.5 Å². The summed E-state index contributed by atoms with van der Waals surface area (Å²) in [6, 6.07) is 11.2. The average molecular weight is 543 g/mol. The molecule has 9 nitrogen and oxygen atoms in total. The van der Waals surface area contributed by atoms with E-state index in [1.54, 1.807) is 54.5 Å². The van der Waals surface area contributed by atoms with Gasteiger partial charge in [-0.1, -0.05) is 23.7 Å². The van der Waals surface area contributed by atoms with Gasteiger partial charge in [0.2, 0.25) is 0 Å². The highest BCUT2D eigenvalue weighted by Gasteiger charge is 2.22. The fraction of sp³-hybridized carbons (Fsp3) is 0.269. The van der Waals surface area contributed by atoms with Gasteiger partial charge < -0.3 is 14.6 Å². The predicted octanol–water partition coefficient (Wildman–Crippen LogP) is 4.06. The summed E-state index contributed by atoms with van der Waals surface area (Å²) in [5.74, 6) is -1.82. The zero-order valence-electron chi connectivity index (χ0n) is 20.9. The second-order valence-electron chi connectivity index (χ2n) is 8.71. The highest BCUT2D eigenvalue weighted by atomic mass is 35.5. The van der Waals surface area contributed by atoms with Crippen LogP contribution in [0, 0.1) is 0 Å². The lowest BCUT2D eigenvalue weighted by molar-refractivity contribution is -0.139. The molecule has 4 aromatic rings. The summed E-state index contributed by atoms with van der Waals surface area (Å²) in [7, 11) is -0.181. The number of aromatic nitrogens is 3. The predicted molar refractivity (Wildman–Crippen MR) is 141 cm³/mol. The van der Waals surface area contributed by atoms with Crippen LogP contribution in [0.1, 0.15) is 35.9 Å². The van der Waals surface area contributed by atoms with Crippen molar-refractivity contribution in [2.24, 2.45) is 14.1 Å². The number of fused-ring (bicyclic) bond motifs is 1. The van der Waals surface area contributed by atoms with Gasteiger partial charge in [0, 0.05) is 31.2 Å². The van der Waals surface area contributed by atoms with Crippen molar-refractivity contribution in [1.29, 1.82) is 0 Å². The molecule has 1 amide bonds. The lowest BCUT2D eigenvalue weighted by Gasteiger charge is -2.15. The summed E-state index contributed by atoms with van der Waals surface area (Å²) in [6.45, 7) is 3.52. The first-order valence-electron chi connectivity index (χ1n) is 11.6. The van der Waals surface area contributed by atoms with Gasteiger partial charge in [-0.15, -0.1) is 0 Å². The van der Waals surface area contributed by atoms with Crippen LogP contribution in [0.25, 0.3) is 22.0 Å². The maximum Gasteiger partial charge on any atom is 0.321 e. The third kappa shape index (κ3) is 5.55. The molecule has 0 spiro atoms. The maximum absolute atomic E-state index is 13.2. The van der Waals surface area contributed by atoms with E-state index in [-0.39, 0.29) is 17.4 Å². The summed E-state index contributed by atoms with van der Waals surface area (Å²) in [6.07, 6.45) is 3.65. The van der Waals surface area contributed by atoms with Crippen LogP contribution in [0.4, 0.5) is 0 Å². The van der Waals surface area contributed by atoms with Crippen LogP contribution < -0.4 is 5.32 Å². The number of hydrogen-bond donors (Lipinski definition) is 1. The number of rotatable bonds is 8. The molecule has 0 saturated carbocycles. The number of carbonyl (C=O) groups excluding carboxylic acids is 2. The zero-order valence-corrected chi connectivity index (χ0v) is 22.4. The van der Waals surface area contributed by atoms with Gasteiger partial charge in [-0.25, -0.2) is 8.42 Å². The molecule has 2 aromatic carbocycles. The Hall–Kier alpha value is -3.63. The highest BCUT2D eigenvalue weighted by Crippen LogP contribution is 2.32. The van der Waals surface area contributed by atoms with Crippen LogP contribution in [0.3, 0.4) is 0 Å². The molecule has 37 heavy (non-hydrogen) atoms. The molecule has 11 heteroatoms. The Kier molecular flexibility index (Phi) is 7.42. The molecule has 1 atom stereocenters. The molecular formula is C26H27ClN4O5S. The first-order valence-corrected chi connectivity index (χ1v) is 13.6. The molecule has 0 aliphatic carbocycles. The average Bonchev–Trinajstić information content (AvgIpc) is 3.42. The fourth-order valence-corrected chi connectivity index (χ4v) is 5.48. The third-order valence-corrected chi connectivity index (χ3v) is 8.00. The van der Waals surface area contributed by atoms with Gasteiger partial charge in [-0.2, -0.15) is 5.10 Å². The Morgan fingerprint density at radius 2 is 1.81 bits per heavy atom. The molecule has 0 fully saturated rings. The molecule has 0 aliphatic heterocycles. The van der Waals surface area contributed by atoms with Crippen molar-refractivity contribution in [3.8, 4) is 11.1 Å². The number of halogens is 1. The SMILES string of the molecule is CCOC(=O)CS(=O)(=O)c1ccc(C(C)NC(=O)c2cc3c(Cl)cc(-c4cnn(C)c4)cc3n2C)cc1. The number of ether oxygens (including phenoxy) is 1. The molecule has 4 rings (SSSR count). The molecule has 2 heterocycles. The Bertz CT molecular complexity index is 1590. The van der Waals surface area contributed by atoms with E-state index in [0.717, 1.165) is 22.0 Å². The van der Waals surface area contributed by atoms with E-state index in [2.05, 4.69) is 10.4 Å². The minimum Gasteiger partial charge on any atom is -0.465 e. The standard InChI is InChI=1S/C26H27ClN4O5S/c1-5-36-25(32)15-37(34,35)20-8-6-17(7-9-20)16(2)29-26(33)24-12-21-22(27)10-18(11-23(21)31(24)4)19-13-28-30(3)14-19/h6-14,16H,5,15H2,1-4H3,(H,29,33). The van der Waals surface area contributed by atoms with Crippen LogP contribution in [0.15, 0.2) is 59.8 Å². The third-order valence-electron chi connectivity index (χ3n) is 6.08. The molecule has 0 bridgehead atoms. The first-order chi connectivity index (χ1) is 17.5. The number of carbonyl (C=O) groups is 2. The van der Waals surface area contributed by atoms with Gasteiger partial charge in [-0.05, 0) is 55.3 Å². The second kappa shape index (κ2) is 10.4. The monoisotopic (exact) mass is 542 g/mol. The van der Waals surface area contributed by atoms with Gasteiger partial charge in [0.1, 0.15) is 5.69 Å². The smallest absolute Gasteiger partial charge is 0.321 e. The zero-order chi connectivity index (χ0) is 26.9. The number of esters is 1. The minimum absolute atomic E-state index is 0.00979. The summed E-state index contributed by atoms with van der Waals surface area (Å²) in [4.78, 5) is 24.8. The van der Waals surface area contributed by atoms with E-state index in [9.17, 15) is 18.0 Å². The van der Waals surface area contributed by atoms with E-state index < -0.39 is 27.6 Å². The lowest BCUT2D eigenvalue weighted by atomic mass is 10.1. The summed E-state index contributed by atoms with van der Waals surface area (Å²) in [5.41, 5.74) is 3.75. The quantitative estimate of drug-likeness (QED) is 0.336. The molecule has 2 aromatic heterocycles. The summed E-state index contributed by atoms with van der Waals surface area (Å²) >= 11 is 6.56. The molecule has 0 aliphatic rings. The van der Waals surface area contributed by atoms with E-state index in [4.69, 9.17) is 16.3 Å². The van der Waals surface area contributed by atoms with E-state index in [1.807, 2.05) is 25.4 Å². The van der Waals surface area contributed by atoms with Crippen LogP contribution in [0.5, 0.6) is 0 Å². The maximum atomic E-state index is 13.2. The number of sulfone groups is 1.